The predicted octanol–water partition coefficient (Wildman–Crippen LogP) is 3.85. The van der Waals surface area contributed by atoms with E-state index >= 15 is 0 Å². The zero-order valence-electron chi connectivity index (χ0n) is 12.6. The van der Waals surface area contributed by atoms with Crippen LogP contribution in [0.3, 0.4) is 0 Å². The summed E-state index contributed by atoms with van der Waals surface area (Å²) < 4.78 is 7.98. The zero-order valence-corrected chi connectivity index (χ0v) is 12.6. The Bertz CT molecular complexity index is 844. The molecule has 0 atom stereocenters. The second-order valence-electron chi connectivity index (χ2n) is 5.21. The number of aromatic nitrogens is 1. The molecule has 0 saturated heterocycles. The van der Waals surface area contributed by atoms with Crippen molar-refractivity contribution >= 4 is 22.9 Å². The van der Waals surface area contributed by atoms with E-state index in [1.807, 2.05) is 44.5 Å². The van der Waals surface area contributed by atoms with E-state index in [1.165, 1.54) is 5.56 Å². The molecule has 2 heterocycles. The third-order valence-corrected chi connectivity index (χ3v) is 3.78. The maximum absolute atomic E-state index is 6.05. The average molecular weight is 279 g/mol. The Kier molecular flexibility index (Phi) is 3.26. The van der Waals surface area contributed by atoms with Crippen LogP contribution in [0.1, 0.15) is 18.1 Å². The first kappa shape index (κ1) is 13.4. The van der Waals surface area contributed by atoms with Gasteiger partial charge in [0.15, 0.2) is 17.7 Å². The highest BCUT2D eigenvalue weighted by molar-refractivity contribution is 6.00. The number of hydrogen-bond acceptors (Lipinski definition) is 2. The van der Waals surface area contributed by atoms with Crippen molar-refractivity contribution in [3.05, 3.63) is 53.7 Å². The largest absolute Gasteiger partial charge is 0.439 e. The number of benzene rings is 1. The lowest BCUT2D eigenvalue weighted by Gasteiger charge is -2.05. The van der Waals surface area contributed by atoms with Crippen molar-refractivity contribution in [2.75, 3.05) is 5.73 Å². The summed E-state index contributed by atoms with van der Waals surface area (Å²) in [4.78, 5) is 0. The van der Waals surface area contributed by atoms with Crippen LogP contribution >= 0.6 is 0 Å². The minimum atomic E-state index is 0.466. The highest BCUT2D eigenvalue weighted by atomic mass is 16.3. The Morgan fingerprint density at radius 3 is 2.71 bits per heavy atom. The van der Waals surface area contributed by atoms with E-state index in [0.29, 0.717) is 5.88 Å². The minimum absolute atomic E-state index is 0.466. The van der Waals surface area contributed by atoms with Crippen LogP contribution in [0.5, 0.6) is 0 Å². The summed E-state index contributed by atoms with van der Waals surface area (Å²) in [5.74, 6) is 0.466. The highest BCUT2D eigenvalue weighted by Crippen LogP contribution is 2.37. The average Bonchev–Trinajstić information content (AvgIpc) is 2.77. The first-order valence-electron chi connectivity index (χ1n) is 7.02. The molecule has 0 aliphatic carbocycles. The summed E-state index contributed by atoms with van der Waals surface area (Å²) in [6, 6.07) is 10.3. The van der Waals surface area contributed by atoms with Crippen molar-refractivity contribution in [3.8, 4) is 11.3 Å². The van der Waals surface area contributed by atoms with Crippen LogP contribution in [-0.2, 0) is 7.05 Å². The molecule has 21 heavy (non-hydrogen) atoms. The summed E-state index contributed by atoms with van der Waals surface area (Å²) in [6.07, 6.45) is 6.00. The fraction of sp³-hybridized carbons (Fsp3) is 0.167. The van der Waals surface area contributed by atoms with E-state index in [0.717, 1.165) is 27.8 Å². The van der Waals surface area contributed by atoms with Gasteiger partial charge in [-0.05, 0) is 25.5 Å². The van der Waals surface area contributed by atoms with E-state index in [1.54, 1.807) is 0 Å². The number of furan rings is 1. The van der Waals surface area contributed by atoms with Gasteiger partial charge in [0.1, 0.15) is 7.05 Å². The normalized spacial score (nSPS) is 11.6. The molecule has 0 amide bonds. The van der Waals surface area contributed by atoms with Crippen LogP contribution < -0.4 is 10.3 Å². The van der Waals surface area contributed by atoms with Crippen molar-refractivity contribution in [1.82, 2.24) is 0 Å². The monoisotopic (exact) mass is 279 g/mol. The topological polar surface area (TPSA) is 43.0 Å². The van der Waals surface area contributed by atoms with Gasteiger partial charge in [-0.3, -0.25) is 0 Å². The quantitative estimate of drug-likeness (QED) is 0.724. The van der Waals surface area contributed by atoms with Crippen molar-refractivity contribution in [2.24, 2.45) is 7.05 Å². The molecular weight excluding hydrogens is 260 g/mol. The van der Waals surface area contributed by atoms with Gasteiger partial charge in [-0.2, -0.15) is 0 Å². The van der Waals surface area contributed by atoms with Gasteiger partial charge < -0.3 is 10.2 Å². The van der Waals surface area contributed by atoms with Crippen molar-refractivity contribution in [2.45, 2.75) is 13.8 Å². The molecular formula is C18H19N2O+. The highest BCUT2D eigenvalue weighted by Gasteiger charge is 2.20. The van der Waals surface area contributed by atoms with Crippen molar-refractivity contribution < 1.29 is 8.98 Å². The molecule has 0 unspecified atom stereocenters. The zero-order chi connectivity index (χ0) is 15.0. The van der Waals surface area contributed by atoms with Gasteiger partial charge in [0.05, 0.1) is 5.56 Å². The van der Waals surface area contributed by atoms with Crippen LogP contribution in [-0.4, -0.2) is 0 Å². The summed E-state index contributed by atoms with van der Waals surface area (Å²) in [5.41, 5.74) is 11.2. The molecule has 106 valence electrons. The van der Waals surface area contributed by atoms with Gasteiger partial charge in [-0.25, -0.2) is 4.57 Å². The van der Waals surface area contributed by atoms with E-state index in [4.69, 9.17) is 10.2 Å². The number of nitrogens with two attached hydrogens (primary N) is 1. The molecule has 2 N–H and O–H groups in total. The molecule has 3 rings (SSSR count). The van der Waals surface area contributed by atoms with E-state index < -0.39 is 0 Å². The third-order valence-electron chi connectivity index (χ3n) is 3.78. The predicted molar refractivity (Wildman–Crippen MR) is 86.7 cm³/mol. The van der Waals surface area contributed by atoms with E-state index in [-0.39, 0.29) is 0 Å². The molecule has 2 aromatic heterocycles. The van der Waals surface area contributed by atoms with E-state index in [9.17, 15) is 0 Å². The second kappa shape index (κ2) is 5.09. The Hall–Kier alpha value is -2.55. The summed E-state index contributed by atoms with van der Waals surface area (Å²) >= 11 is 0. The van der Waals surface area contributed by atoms with Gasteiger partial charge in [0, 0.05) is 23.1 Å². The lowest BCUT2D eigenvalue weighted by Crippen LogP contribution is -2.30. The molecule has 0 saturated carbocycles. The van der Waals surface area contributed by atoms with Crippen LogP contribution in [0.25, 0.3) is 28.3 Å². The number of rotatable bonds is 2. The fourth-order valence-corrected chi connectivity index (χ4v) is 2.74. The number of fused-ring (bicyclic) bond motifs is 1. The molecule has 3 heteroatoms. The number of pyridine rings is 1. The number of anilines is 1. The molecule has 0 bridgehead atoms. The lowest BCUT2D eigenvalue weighted by molar-refractivity contribution is -0.660. The van der Waals surface area contributed by atoms with Gasteiger partial charge in [-0.1, -0.05) is 24.3 Å². The smallest absolute Gasteiger partial charge is 0.216 e. The van der Waals surface area contributed by atoms with Gasteiger partial charge in [0.2, 0.25) is 5.69 Å². The number of nitrogens with zero attached hydrogens (tertiary/aromatic N) is 1. The molecule has 3 nitrogen and oxygen atoms in total. The second-order valence-corrected chi connectivity index (χ2v) is 5.21. The maximum Gasteiger partial charge on any atom is 0.216 e. The lowest BCUT2D eigenvalue weighted by atomic mass is 10.00. The summed E-state index contributed by atoms with van der Waals surface area (Å²) in [5, 5.41) is 1.05. The Morgan fingerprint density at radius 1 is 1.19 bits per heavy atom. The Labute approximate surface area is 124 Å². The summed E-state index contributed by atoms with van der Waals surface area (Å²) in [7, 11) is 2.03. The molecule has 0 aliphatic rings. The van der Waals surface area contributed by atoms with Crippen molar-refractivity contribution in [1.29, 1.82) is 0 Å². The number of nitrogen functional groups attached to an aromatic ring is 1. The number of hydrogen-bond donors (Lipinski definition) is 1. The summed E-state index contributed by atoms with van der Waals surface area (Å²) in [6.45, 7) is 4.07. The third kappa shape index (κ3) is 2.11. The molecule has 0 fully saturated rings. The first-order chi connectivity index (χ1) is 10.1. The maximum atomic E-state index is 6.05. The standard InChI is InChI=1S/C18H19N2O/c1-4-7-14-13-10-9-12(2)16(17(13)21-18(14)19)15-8-5-6-11-20(15)3/h4-11H,19H2,1-3H3/q+1/b7-4-. The van der Waals surface area contributed by atoms with Crippen LogP contribution in [0.2, 0.25) is 0 Å². The van der Waals surface area contributed by atoms with Gasteiger partial charge in [0.25, 0.3) is 0 Å². The van der Waals surface area contributed by atoms with Crippen LogP contribution in [0.15, 0.2) is 47.0 Å². The Morgan fingerprint density at radius 2 is 2.00 bits per heavy atom. The number of allylic oxidation sites excluding steroid dienone is 1. The number of aryl methyl sites for hydroxylation is 2. The molecule has 3 aromatic rings. The van der Waals surface area contributed by atoms with Gasteiger partial charge >= 0.3 is 0 Å². The molecule has 0 radical (unpaired) electrons. The fourth-order valence-electron chi connectivity index (χ4n) is 2.74. The molecule has 0 spiro atoms. The first-order valence-corrected chi connectivity index (χ1v) is 7.02. The van der Waals surface area contributed by atoms with Gasteiger partial charge in [-0.15, -0.1) is 0 Å². The van der Waals surface area contributed by atoms with Crippen LogP contribution in [0, 0.1) is 6.92 Å². The molecule has 0 aliphatic heterocycles. The Balaban J connectivity index is 2.40. The SMILES string of the molecule is C/C=C\c1c(N)oc2c(-c3cccc[n+]3C)c(C)ccc12. The minimum Gasteiger partial charge on any atom is -0.439 e. The van der Waals surface area contributed by atoms with E-state index in [2.05, 4.69) is 29.7 Å². The van der Waals surface area contributed by atoms with Crippen LogP contribution in [0.4, 0.5) is 5.88 Å². The van der Waals surface area contributed by atoms with Crippen molar-refractivity contribution in [3.63, 3.8) is 0 Å². The molecule has 1 aromatic carbocycles.